The highest BCUT2D eigenvalue weighted by molar-refractivity contribution is 8.00. The van der Waals surface area contributed by atoms with Gasteiger partial charge in [-0.1, -0.05) is 0 Å². The van der Waals surface area contributed by atoms with Gasteiger partial charge >= 0.3 is 5.97 Å². The van der Waals surface area contributed by atoms with Gasteiger partial charge in [0.1, 0.15) is 6.04 Å². The summed E-state index contributed by atoms with van der Waals surface area (Å²) in [5.41, 5.74) is 0. The van der Waals surface area contributed by atoms with Crippen LogP contribution in [0.5, 0.6) is 0 Å². The molecule has 2 aliphatic heterocycles. The Hall–Kier alpha value is -0.260. The van der Waals surface area contributed by atoms with Gasteiger partial charge in [-0.15, -0.1) is 11.8 Å². The number of rotatable bonds is 2. The lowest BCUT2D eigenvalue weighted by atomic mass is 10.0. The molecule has 0 bridgehead atoms. The van der Waals surface area contributed by atoms with Crippen LogP contribution in [0.1, 0.15) is 12.8 Å². The van der Waals surface area contributed by atoms with Crippen LogP contribution in [0.2, 0.25) is 0 Å². The normalized spacial score (nSPS) is 38.4. The number of aliphatic carboxylic acids is 1. The van der Waals surface area contributed by atoms with E-state index in [1.807, 2.05) is 0 Å². The van der Waals surface area contributed by atoms with Crippen molar-refractivity contribution in [2.75, 3.05) is 19.0 Å². The number of thioether (sulfide) groups is 1. The summed E-state index contributed by atoms with van der Waals surface area (Å²) in [4.78, 5) is 10.7. The molecule has 0 amide bonds. The van der Waals surface area contributed by atoms with Crippen molar-refractivity contribution in [1.29, 1.82) is 0 Å². The summed E-state index contributed by atoms with van der Waals surface area (Å²) in [5.74, 6) is 0.422. The zero-order valence-electron chi connectivity index (χ0n) is 7.94. The zero-order valence-corrected chi connectivity index (χ0v) is 8.76. The predicted octanol–water partition coefficient (Wildman–Crippen LogP) is 0.529. The van der Waals surface area contributed by atoms with E-state index < -0.39 is 5.97 Å². The van der Waals surface area contributed by atoms with Crippen molar-refractivity contribution < 1.29 is 14.6 Å². The standard InChI is InChI=1S/C9H15NO3S/c11-9(12)7-5-14-8(10-7)6-2-1-3-13-4-6/h6-8,10H,1-5H2,(H,11,12)/t6?,7-,8?/m1/s1. The van der Waals surface area contributed by atoms with E-state index in [1.54, 1.807) is 11.8 Å². The van der Waals surface area contributed by atoms with Gasteiger partial charge in [0.15, 0.2) is 0 Å². The van der Waals surface area contributed by atoms with Crippen LogP contribution in [-0.4, -0.2) is 41.5 Å². The van der Waals surface area contributed by atoms with Gasteiger partial charge < -0.3 is 9.84 Å². The Balaban J connectivity index is 1.85. The van der Waals surface area contributed by atoms with Crippen molar-refractivity contribution in [1.82, 2.24) is 5.32 Å². The third-order valence-corrected chi connectivity index (χ3v) is 4.14. The van der Waals surface area contributed by atoms with Gasteiger partial charge in [0.25, 0.3) is 0 Å². The van der Waals surface area contributed by atoms with Crippen molar-refractivity contribution in [2.45, 2.75) is 24.3 Å². The van der Waals surface area contributed by atoms with Gasteiger partial charge in [-0.25, -0.2) is 0 Å². The molecule has 4 nitrogen and oxygen atoms in total. The Bertz CT molecular complexity index is 218. The summed E-state index contributed by atoms with van der Waals surface area (Å²) in [7, 11) is 0. The first-order chi connectivity index (χ1) is 6.77. The van der Waals surface area contributed by atoms with Crippen molar-refractivity contribution in [3.8, 4) is 0 Å². The van der Waals surface area contributed by atoms with Crippen LogP contribution in [0.4, 0.5) is 0 Å². The molecule has 5 heteroatoms. The fourth-order valence-corrected chi connectivity index (χ4v) is 3.30. The number of nitrogens with one attached hydrogen (secondary N) is 1. The fourth-order valence-electron chi connectivity index (χ4n) is 1.91. The monoisotopic (exact) mass is 217 g/mol. The van der Waals surface area contributed by atoms with Crippen LogP contribution in [0, 0.1) is 5.92 Å². The molecular formula is C9H15NO3S. The molecule has 0 saturated carbocycles. The SMILES string of the molecule is O=C(O)[C@H]1CSC(C2CCCOC2)N1. The number of hydrogen-bond donors (Lipinski definition) is 2. The Morgan fingerprint density at radius 3 is 3.00 bits per heavy atom. The Labute approximate surface area is 87.4 Å². The summed E-state index contributed by atoms with van der Waals surface area (Å²) in [6, 6.07) is -0.369. The molecule has 0 aliphatic carbocycles. The van der Waals surface area contributed by atoms with Gasteiger partial charge in [-0.2, -0.15) is 0 Å². The quantitative estimate of drug-likeness (QED) is 0.706. The molecule has 0 aromatic heterocycles. The van der Waals surface area contributed by atoms with Crippen LogP contribution in [-0.2, 0) is 9.53 Å². The lowest BCUT2D eigenvalue weighted by Crippen LogP contribution is -2.41. The lowest BCUT2D eigenvalue weighted by Gasteiger charge is -2.27. The third kappa shape index (κ3) is 2.21. The van der Waals surface area contributed by atoms with Crippen LogP contribution >= 0.6 is 11.8 Å². The number of hydrogen-bond acceptors (Lipinski definition) is 4. The smallest absolute Gasteiger partial charge is 0.321 e. The first-order valence-electron chi connectivity index (χ1n) is 4.95. The van der Waals surface area contributed by atoms with Crippen LogP contribution < -0.4 is 5.32 Å². The second-order valence-electron chi connectivity index (χ2n) is 3.79. The minimum atomic E-state index is -0.739. The highest BCUT2D eigenvalue weighted by atomic mass is 32.2. The molecule has 80 valence electrons. The minimum absolute atomic E-state index is 0.274. The van der Waals surface area contributed by atoms with Gasteiger partial charge in [-0.3, -0.25) is 10.1 Å². The van der Waals surface area contributed by atoms with Crippen molar-refractivity contribution >= 4 is 17.7 Å². The lowest BCUT2D eigenvalue weighted by molar-refractivity contribution is -0.138. The molecule has 3 atom stereocenters. The molecule has 2 saturated heterocycles. The first-order valence-corrected chi connectivity index (χ1v) is 6.00. The van der Waals surface area contributed by atoms with Gasteiger partial charge in [0.2, 0.25) is 0 Å². The van der Waals surface area contributed by atoms with E-state index in [0.29, 0.717) is 11.7 Å². The Kier molecular flexibility index (Phi) is 3.30. The average Bonchev–Trinajstić information content (AvgIpc) is 2.68. The maximum atomic E-state index is 10.7. The van der Waals surface area contributed by atoms with Crippen LogP contribution in [0.15, 0.2) is 0 Å². The van der Waals surface area contributed by atoms with Gasteiger partial charge in [0.05, 0.1) is 12.0 Å². The van der Waals surface area contributed by atoms with E-state index in [9.17, 15) is 4.79 Å². The summed E-state index contributed by atoms with van der Waals surface area (Å²) in [5, 5.41) is 12.2. The number of ether oxygens (including phenoxy) is 1. The van der Waals surface area contributed by atoms with Crippen LogP contribution in [0.3, 0.4) is 0 Å². The number of carboxylic acids is 1. The van der Waals surface area contributed by atoms with Crippen molar-refractivity contribution in [3.05, 3.63) is 0 Å². The molecule has 0 radical (unpaired) electrons. The Morgan fingerprint density at radius 1 is 1.57 bits per heavy atom. The highest BCUT2D eigenvalue weighted by Crippen LogP contribution is 2.29. The summed E-state index contributed by atoms with van der Waals surface area (Å²) >= 11 is 1.71. The minimum Gasteiger partial charge on any atom is -0.480 e. The molecule has 2 unspecified atom stereocenters. The topological polar surface area (TPSA) is 58.6 Å². The van der Waals surface area contributed by atoms with E-state index in [1.165, 1.54) is 0 Å². The maximum Gasteiger partial charge on any atom is 0.321 e. The Morgan fingerprint density at radius 2 is 2.43 bits per heavy atom. The molecule has 2 fully saturated rings. The summed E-state index contributed by atoms with van der Waals surface area (Å²) in [6.07, 6.45) is 2.25. The molecule has 2 N–H and O–H groups in total. The van der Waals surface area contributed by atoms with E-state index >= 15 is 0 Å². The molecular weight excluding hydrogens is 202 g/mol. The maximum absolute atomic E-state index is 10.7. The molecule has 0 spiro atoms. The zero-order chi connectivity index (χ0) is 9.97. The first kappa shape index (κ1) is 10.3. The predicted molar refractivity (Wildman–Crippen MR) is 54.3 cm³/mol. The number of carboxylic acid groups (broad SMARTS) is 1. The summed E-state index contributed by atoms with van der Waals surface area (Å²) in [6.45, 7) is 1.63. The molecule has 2 rings (SSSR count). The van der Waals surface area contributed by atoms with Gasteiger partial charge in [0, 0.05) is 18.3 Å². The second kappa shape index (κ2) is 4.51. The summed E-state index contributed by atoms with van der Waals surface area (Å²) < 4.78 is 5.39. The molecule has 2 heterocycles. The molecule has 0 aromatic carbocycles. The molecule has 2 aliphatic rings. The second-order valence-corrected chi connectivity index (χ2v) is 4.96. The molecule has 14 heavy (non-hydrogen) atoms. The third-order valence-electron chi connectivity index (χ3n) is 2.73. The fraction of sp³-hybridized carbons (Fsp3) is 0.889. The van der Waals surface area contributed by atoms with Crippen LogP contribution in [0.25, 0.3) is 0 Å². The van der Waals surface area contributed by atoms with E-state index in [2.05, 4.69) is 5.32 Å². The van der Waals surface area contributed by atoms with E-state index in [0.717, 1.165) is 26.1 Å². The average molecular weight is 217 g/mol. The number of carbonyl (C=O) groups is 1. The van der Waals surface area contributed by atoms with Gasteiger partial charge in [-0.05, 0) is 12.8 Å². The highest BCUT2D eigenvalue weighted by Gasteiger charge is 2.34. The van der Waals surface area contributed by atoms with E-state index in [4.69, 9.17) is 9.84 Å². The molecule has 0 aromatic rings. The van der Waals surface area contributed by atoms with Crippen molar-refractivity contribution in [2.24, 2.45) is 5.92 Å². The largest absolute Gasteiger partial charge is 0.480 e. The van der Waals surface area contributed by atoms with E-state index in [-0.39, 0.29) is 11.4 Å². The van der Waals surface area contributed by atoms with Crippen molar-refractivity contribution in [3.63, 3.8) is 0 Å².